The normalized spacial score (nSPS) is 16.5. The number of nitrogens with one attached hydrogen (secondary N) is 1. The molecule has 4 heteroatoms. The van der Waals surface area contributed by atoms with Gasteiger partial charge < -0.3 is 5.32 Å². The molecule has 0 bridgehead atoms. The van der Waals surface area contributed by atoms with Crippen LogP contribution < -0.4 is 5.32 Å². The molecule has 0 unspecified atom stereocenters. The van der Waals surface area contributed by atoms with Crippen LogP contribution in [0.1, 0.15) is 18.4 Å². The van der Waals surface area contributed by atoms with Gasteiger partial charge in [-0.15, -0.1) is 0 Å². The zero-order valence-corrected chi connectivity index (χ0v) is 8.45. The summed E-state index contributed by atoms with van der Waals surface area (Å²) in [7, 11) is 0. The number of carbonyl (C=O) groups is 1. The number of nitrogens with zero attached hydrogens (tertiary/aromatic N) is 2. The monoisotopic (exact) mass is 201 g/mol. The standard InChI is InChI=1S/C11H11N3O/c1-8-6-13-5-2-9(8)14-10(15)11(7-12)3-4-11/h2,5-6H,3-4H2,1H3,(H,13,14,15). The Kier molecular flexibility index (Phi) is 2.16. The molecule has 76 valence electrons. The van der Waals surface area contributed by atoms with Crippen LogP contribution in [0, 0.1) is 23.7 Å². The van der Waals surface area contributed by atoms with E-state index >= 15 is 0 Å². The maximum absolute atomic E-state index is 11.7. The van der Waals surface area contributed by atoms with E-state index in [4.69, 9.17) is 5.26 Å². The first kappa shape index (κ1) is 9.66. The quantitative estimate of drug-likeness (QED) is 0.790. The number of hydrogen-bond donors (Lipinski definition) is 1. The van der Waals surface area contributed by atoms with Crippen LogP contribution in [0.2, 0.25) is 0 Å². The molecule has 2 rings (SSSR count). The summed E-state index contributed by atoms with van der Waals surface area (Å²) in [5.41, 5.74) is 0.867. The predicted octanol–water partition coefficient (Wildman–Crippen LogP) is 1.63. The largest absolute Gasteiger partial charge is 0.324 e. The molecule has 0 aliphatic heterocycles. The summed E-state index contributed by atoms with van der Waals surface area (Å²) >= 11 is 0. The number of nitriles is 1. The van der Waals surface area contributed by atoms with Crippen LogP contribution in [-0.4, -0.2) is 10.9 Å². The van der Waals surface area contributed by atoms with Crippen LogP contribution in [0.4, 0.5) is 5.69 Å². The van der Waals surface area contributed by atoms with E-state index in [1.165, 1.54) is 0 Å². The molecule has 4 nitrogen and oxygen atoms in total. The first-order valence-electron chi connectivity index (χ1n) is 4.81. The van der Waals surface area contributed by atoms with Gasteiger partial charge in [-0.3, -0.25) is 9.78 Å². The molecule has 0 spiro atoms. The Hall–Kier alpha value is -1.89. The van der Waals surface area contributed by atoms with Crippen molar-refractivity contribution in [2.75, 3.05) is 5.32 Å². The van der Waals surface area contributed by atoms with Gasteiger partial charge in [0.2, 0.25) is 5.91 Å². The lowest BCUT2D eigenvalue weighted by Crippen LogP contribution is -2.23. The maximum atomic E-state index is 11.7. The van der Waals surface area contributed by atoms with Crippen molar-refractivity contribution in [1.29, 1.82) is 5.26 Å². The lowest BCUT2D eigenvalue weighted by atomic mass is 10.1. The first-order valence-corrected chi connectivity index (χ1v) is 4.81. The summed E-state index contributed by atoms with van der Waals surface area (Å²) in [4.78, 5) is 15.7. The number of pyridine rings is 1. The zero-order valence-electron chi connectivity index (χ0n) is 8.45. The molecule has 0 aromatic carbocycles. The fourth-order valence-corrected chi connectivity index (χ4v) is 1.37. The molecule has 1 fully saturated rings. The van der Waals surface area contributed by atoms with Gasteiger partial charge in [0.15, 0.2) is 0 Å². The fourth-order valence-electron chi connectivity index (χ4n) is 1.37. The number of rotatable bonds is 2. The van der Waals surface area contributed by atoms with Crippen molar-refractivity contribution < 1.29 is 4.79 Å². The molecule has 1 heterocycles. The Morgan fingerprint density at radius 1 is 1.67 bits per heavy atom. The summed E-state index contributed by atoms with van der Waals surface area (Å²) in [6.45, 7) is 1.87. The van der Waals surface area contributed by atoms with Gasteiger partial charge in [0.25, 0.3) is 0 Å². The predicted molar refractivity (Wildman–Crippen MR) is 54.9 cm³/mol. The van der Waals surface area contributed by atoms with Crippen LogP contribution in [-0.2, 0) is 4.79 Å². The molecule has 1 saturated carbocycles. The number of anilines is 1. The van der Waals surface area contributed by atoms with Gasteiger partial charge in [-0.2, -0.15) is 5.26 Å². The SMILES string of the molecule is Cc1cnccc1NC(=O)C1(C#N)CC1. The van der Waals surface area contributed by atoms with E-state index in [0.29, 0.717) is 12.8 Å². The fraction of sp³-hybridized carbons (Fsp3) is 0.364. The third-order valence-corrected chi connectivity index (χ3v) is 2.67. The summed E-state index contributed by atoms with van der Waals surface area (Å²) < 4.78 is 0. The van der Waals surface area contributed by atoms with Crippen LogP contribution in [0.3, 0.4) is 0 Å². The van der Waals surface area contributed by atoms with Crippen LogP contribution in [0.25, 0.3) is 0 Å². The van der Waals surface area contributed by atoms with Gasteiger partial charge >= 0.3 is 0 Å². The molecule has 1 aromatic rings. The average molecular weight is 201 g/mol. The minimum absolute atomic E-state index is 0.195. The highest BCUT2D eigenvalue weighted by molar-refractivity contribution is 5.99. The third kappa shape index (κ3) is 1.68. The highest BCUT2D eigenvalue weighted by Crippen LogP contribution is 2.45. The van der Waals surface area contributed by atoms with Crippen LogP contribution >= 0.6 is 0 Å². The Morgan fingerprint density at radius 3 is 2.93 bits per heavy atom. The molecule has 1 aromatic heterocycles. The number of hydrogen-bond acceptors (Lipinski definition) is 3. The van der Waals surface area contributed by atoms with E-state index in [1.54, 1.807) is 18.5 Å². The number of carbonyl (C=O) groups excluding carboxylic acids is 1. The Bertz CT molecular complexity index is 443. The summed E-state index contributed by atoms with van der Waals surface area (Å²) in [6.07, 6.45) is 4.63. The van der Waals surface area contributed by atoms with Crippen molar-refractivity contribution in [3.05, 3.63) is 24.0 Å². The van der Waals surface area contributed by atoms with E-state index in [9.17, 15) is 4.79 Å². The van der Waals surface area contributed by atoms with Crippen molar-refractivity contribution in [2.45, 2.75) is 19.8 Å². The Morgan fingerprint density at radius 2 is 2.40 bits per heavy atom. The van der Waals surface area contributed by atoms with Gasteiger partial charge in [0.1, 0.15) is 5.41 Å². The van der Waals surface area contributed by atoms with E-state index in [0.717, 1.165) is 11.3 Å². The smallest absolute Gasteiger partial charge is 0.244 e. The molecular weight excluding hydrogens is 190 g/mol. The molecule has 1 N–H and O–H groups in total. The Balaban J connectivity index is 2.14. The van der Waals surface area contributed by atoms with E-state index in [1.807, 2.05) is 6.92 Å². The maximum Gasteiger partial charge on any atom is 0.244 e. The number of aryl methyl sites for hydroxylation is 1. The van der Waals surface area contributed by atoms with Gasteiger partial charge in [-0.25, -0.2) is 0 Å². The molecule has 1 aliphatic rings. The van der Waals surface area contributed by atoms with Crippen LogP contribution in [0.5, 0.6) is 0 Å². The lowest BCUT2D eigenvalue weighted by molar-refractivity contribution is -0.119. The van der Waals surface area contributed by atoms with Crippen LogP contribution in [0.15, 0.2) is 18.5 Å². The average Bonchev–Trinajstić information content (AvgIpc) is 3.02. The molecule has 1 amide bonds. The molecule has 0 saturated heterocycles. The number of amides is 1. The summed E-state index contributed by atoms with van der Waals surface area (Å²) in [6, 6.07) is 3.80. The minimum Gasteiger partial charge on any atom is -0.324 e. The highest BCUT2D eigenvalue weighted by Gasteiger charge is 2.50. The third-order valence-electron chi connectivity index (χ3n) is 2.67. The van der Waals surface area contributed by atoms with Crippen molar-refractivity contribution >= 4 is 11.6 Å². The van der Waals surface area contributed by atoms with E-state index < -0.39 is 5.41 Å². The van der Waals surface area contributed by atoms with E-state index in [-0.39, 0.29) is 5.91 Å². The van der Waals surface area contributed by atoms with Gasteiger partial charge in [-0.05, 0) is 31.4 Å². The summed E-state index contributed by atoms with van der Waals surface area (Å²) in [5, 5.41) is 11.6. The molecule has 1 aliphatic carbocycles. The second kappa shape index (κ2) is 3.35. The summed E-state index contributed by atoms with van der Waals surface area (Å²) in [5.74, 6) is -0.195. The highest BCUT2D eigenvalue weighted by atomic mass is 16.2. The van der Waals surface area contributed by atoms with Gasteiger partial charge in [0, 0.05) is 18.1 Å². The first-order chi connectivity index (χ1) is 7.18. The molecular formula is C11H11N3O. The van der Waals surface area contributed by atoms with Gasteiger partial charge in [-0.1, -0.05) is 0 Å². The second-order valence-corrected chi connectivity index (χ2v) is 3.84. The minimum atomic E-state index is -0.768. The van der Waals surface area contributed by atoms with Crippen molar-refractivity contribution in [1.82, 2.24) is 4.98 Å². The zero-order chi connectivity index (χ0) is 10.9. The second-order valence-electron chi connectivity index (χ2n) is 3.84. The molecule has 0 radical (unpaired) electrons. The molecule has 15 heavy (non-hydrogen) atoms. The number of aromatic nitrogens is 1. The molecule has 0 atom stereocenters. The lowest BCUT2D eigenvalue weighted by Gasteiger charge is -2.09. The van der Waals surface area contributed by atoms with Crippen molar-refractivity contribution in [3.63, 3.8) is 0 Å². The van der Waals surface area contributed by atoms with Crippen molar-refractivity contribution in [3.8, 4) is 6.07 Å². The van der Waals surface area contributed by atoms with Gasteiger partial charge in [0.05, 0.1) is 6.07 Å². The topological polar surface area (TPSA) is 65.8 Å². The van der Waals surface area contributed by atoms with E-state index in [2.05, 4.69) is 16.4 Å². The Labute approximate surface area is 87.9 Å². The van der Waals surface area contributed by atoms with Crippen molar-refractivity contribution in [2.24, 2.45) is 5.41 Å².